The van der Waals surface area contributed by atoms with Crippen LogP contribution in [0, 0.1) is 6.92 Å². The molecule has 0 radical (unpaired) electrons. The van der Waals surface area contributed by atoms with Crippen LogP contribution in [0.4, 0.5) is 5.69 Å². The number of nitrogens with one attached hydrogen (secondary N) is 1. The first-order valence-electron chi connectivity index (χ1n) is 7.63. The summed E-state index contributed by atoms with van der Waals surface area (Å²) in [6.07, 6.45) is 1.62. The van der Waals surface area contributed by atoms with E-state index in [1.807, 2.05) is 43.7 Å². The van der Waals surface area contributed by atoms with Crippen molar-refractivity contribution in [1.29, 1.82) is 0 Å². The maximum Gasteiger partial charge on any atom is 0.237 e. The highest BCUT2D eigenvalue weighted by molar-refractivity contribution is 8.00. The molecule has 8 heteroatoms. The fourth-order valence-corrected chi connectivity index (χ4v) is 3.28. The maximum atomic E-state index is 12.4. The molecule has 0 saturated heterocycles. The second-order valence-electron chi connectivity index (χ2n) is 5.48. The molecule has 0 saturated carbocycles. The zero-order valence-corrected chi connectivity index (χ0v) is 15.6. The quantitative estimate of drug-likeness (QED) is 0.677. The minimum absolute atomic E-state index is 0.151. The summed E-state index contributed by atoms with van der Waals surface area (Å²) in [7, 11) is 1.86. The number of rotatable bonds is 5. The van der Waals surface area contributed by atoms with E-state index in [-0.39, 0.29) is 11.2 Å². The molecule has 130 valence electrons. The Balaban J connectivity index is 1.72. The van der Waals surface area contributed by atoms with Crippen LogP contribution < -0.4 is 5.32 Å². The third-order valence-corrected chi connectivity index (χ3v) is 5.18. The van der Waals surface area contributed by atoms with E-state index in [2.05, 4.69) is 15.5 Å². The van der Waals surface area contributed by atoms with Crippen LogP contribution in [0.15, 0.2) is 46.2 Å². The van der Waals surface area contributed by atoms with E-state index in [0.717, 1.165) is 11.3 Å². The molecule has 0 aliphatic heterocycles. The summed E-state index contributed by atoms with van der Waals surface area (Å²) >= 11 is 7.41. The Morgan fingerprint density at radius 2 is 2.08 bits per heavy atom. The van der Waals surface area contributed by atoms with Crippen LogP contribution in [0.3, 0.4) is 0 Å². The molecule has 6 nitrogen and oxygen atoms in total. The van der Waals surface area contributed by atoms with Gasteiger partial charge in [0, 0.05) is 7.05 Å². The molecule has 1 amide bonds. The first-order chi connectivity index (χ1) is 12.0. The summed E-state index contributed by atoms with van der Waals surface area (Å²) in [5, 5.41) is 12.0. The van der Waals surface area contributed by atoms with Crippen molar-refractivity contribution in [2.75, 3.05) is 5.32 Å². The van der Waals surface area contributed by atoms with Gasteiger partial charge in [-0.15, -0.1) is 10.2 Å². The number of carbonyl (C=O) groups is 1. The summed E-state index contributed by atoms with van der Waals surface area (Å²) < 4.78 is 7.16. The maximum absolute atomic E-state index is 12.4. The standard InChI is InChI=1S/C17H17ClN4O2S/c1-10-12(8-9-24-10)15-20-21-17(22(15)3)25-11(2)16(23)19-14-7-5-4-6-13(14)18/h4-9,11H,1-3H3,(H,19,23)/t11-/m1/s1. The Morgan fingerprint density at radius 1 is 1.32 bits per heavy atom. The van der Waals surface area contributed by atoms with E-state index >= 15 is 0 Å². The Kier molecular flexibility index (Phi) is 5.15. The van der Waals surface area contributed by atoms with Gasteiger partial charge in [0.05, 0.1) is 27.8 Å². The SMILES string of the molecule is Cc1occc1-c1nnc(S[C@H](C)C(=O)Nc2ccccc2Cl)n1C. The highest BCUT2D eigenvalue weighted by Crippen LogP contribution is 2.29. The third kappa shape index (κ3) is 3.72. The van der Waals surface area contributed by atoms with Gasteiger partial charge >= 0.3 is 0 Å². The average molecular weight is 377 g/mol. The first kappa shape index (κ1) is 17.6. The molecule has 25 heavy (non-hydrogen) atoms. The molecule has 0 bridgehead atoms. The minimum atomic E-state index is -0.363. The molecule has 1 atom stereocenters. The van der Waals surface area contributed by atoms with Gasteiger partial charge in [0.15, 0.2) is 11.0 Å². The molecule has 3 aromatic rings. The van der Waals surface area contributed by atoms with Crippen molar-refractivity contribution in [3.05, 3.63) is 47.4 Å². The van der Waals surface area contributed by atoms with E-state index in [9.17, 15) is 4.79 Å². The van der Waals surface area contributed by atoms with Gasteiger partial charge in [-0.1, -0.05) is 35.5 Å². The van der Waals surface area contributed by atoms with Crippen molar-refractivity contribution < 1.29 is 9.21 Å². The molecule has 0 unspecified atom stereocenters. The molecule has 0 fully saturated rings. The molecule has 2 heterocycles. The van der Waals surface area contributed by atoms with Gasteiger partial charge in [-0.05, 0) is 32.0 Å². The summed E-state index contributed by atoms with van der Waals surface area (Å²) in [6.45, 7) is 3.69. The number of hydrogen-bond acceptors (Lipinski definition) is 5. The van der Waals surface area contributed by atoms with Gasteiger partial charge in [-0.25, -0.2) is 0 Å². The van der Waals surface area contributed by atoms with Crippen molar-refractivity contribution in [2.45, 2.75) is 24.3 Å². The number of thioether (sulfide) groups is 1. The van der Waals surface area contributed by atoms with Gasteiger partial charge in [-0.3, -0.25) is 4.79 Å². The molecule has 2 aromatic heterocycles. The topological polar surface area (TPSA) is 72.9 Å². The molecule has 0 spiro atoms. The summed E-state index contributed by atoms with van der Waals surface area (Å²) in [4.78, 5) is 12.4. The van der Waals surface area contributed by atoms with Gasteiger partial charge in [-0.2, -0.15) is 0 Å². The van der Waals surface area contributed by atoms with E-state index in [0.29, 0.717) is 21.7 Å². The first-order valence-corrected chi connectivity index (χ1v) is 8.89. The lowest BCUT2D eigenvalue weighted by Gasteiger charge is -2.12. The zero-order chi connectivity index (χ0) is 18.0. The van der Waals surface area contributed by atoms with E-state index in [1.165, 1.54) is 11.8 Å². The van der Waals surface area contributed by atoms with Gasteiger partial charge in [0.1, 0.15) is 5.76 Å². The van der Waals surface area contributed by atoms with Crippen molar-refractivity contribution >= 4 is 35.0 Å². The van der Waals surface area contributed by atoms with Crippen LogP contribution in [0.5, 0.6) is 0 Å². The van der Waals surface area contributed by atoms with Crippen LogP contribution in [0.2, 0.25) is 5.02 Å². The Hall–Kier alpha value is -2.25. The largest absolute Gasteiger partial charge is 0.469 e. The van der Waals surface area contributed by atoms with Gasteiger partial charge in [0.25, 0.3) is 0 Å². The lowest BCUT2D eigenvalue weighted by Crippen LogP contribution is -2.23. The van der Waals surface area contributed by atoms with Crippen molar-refractivity contribution in [3.8, 4) is 11.4 Å². The second kappa shape index (κ2) is 7.33. The zero-order valence-electron chi connectivity index (χ0n) is 14.0. The molecule has 1 N–H and O–H groups in total. The van der Waals surface area contributed by atoms with E-state index < -0.39 is 0 Å². The van der Waals surface area contributed by atoms with Crippen LogP contribution in [-0.4, -0.2) is 25.9 Å². The average Bonchev–Trinajstić information content (AvgIpc) is 3.16. The van der Waals surface area contributed by atoms with Crippen LogP contribution in [0.1, 0.15) is 12.7 Å². The van der Waals surface area contributed by atoms with Gasteiger partial charge < -0.3 is 14.3 Å². The second-order valence-corrected chi connectivity index (χ2v) is 7.20. The number of aryl methyl sites for hydroxylation is 1. The Labute approximate surface area is 154 Å². The fourth-order valence-electron chi connectivity index (χ4n) is 2.28. The number of para-hydroxylation sites is 1. The number of hydrogen-bond donors (Lipinski definition) is 1. The van der Waals surface area contributed by atoms with Gasteiger partial charge in [0.2, 0.25) is 5.91 Å². The molecule has 0 aliphatic carbocycles. The van der Waals surface area contributed by atoms with E-state index in [1.54, 1.807) is 18.4 Å². The minimum Gasteiger partial charge on any atom is -0.469 e. The highest BCUT2D eigenvalue weighted by atomic mass is 35.5. The predicted octanol–water partition coefficient (Wildman–Crippen LogP) is 4.16. The van der Waals surface area contributed by atoms with Crippen LogP contribution in [-0.2, 0) is 11.8 Å². The van der Waals surface area contributed by atoms with Crippen molar-refractivity contribution in [2.24, 2.45) is 7.05 Å². The van der Waals surface area contributed by atoms with E-state index in [4.69, 9.17) is 16.0 Å². The third-order valence-electron chi connectivity index (χ3n) is 3.72. The molecule has 1 aromatic carbocycles. The lowest BCUT2D eigenvalue weighted by molar-refractivity contribution is -0.115. The molecular weight excluding hydrogens is 360 g/mol. The monoisotopic (exact) mass is 376 g/mol. The number of aromatic nitrogens is 3. The van der Waals surface area contributed by atoms with Crippen LogP contribution in [0.25, 0.3) is 11.4 Å². The smallest absolute Gasteiger partial charge is 0.237 e. The number of halogens is 1. The summed E-state index contributed by atoms with van der Waals surface area (Å²) in [5.74, 6) is 1.33. The van der Waals surface area contributed by atoms with Crippen molar-refractivity contribution in [1.82, 2.24) is 14.8 Å². The van der Waals surface area contributed by atoms with Crippen molar-refractivity contribution in [3.63, 3.8) is 0 Å². The normalized spacial score (nSPS) is 12.2. The number of amides is 1. The highest BCUT2D eigenvalue weighted by Gasteiger charge is 2.21. The molecular formula is C17H17ClN4O2S. The number of furan rings is 1. The Bertz CT molecular complexity index is 906. The number of nitrogens with zero attached hydrogens (tertiary/aromatic N) is 3. The predicted molar refractivity (Wildman–Crippen MR) is 98.8 cm³/mol. The number of anilines is 1. The molecule has 3 rings (SSSR count). The Morgan fingerprint density at radius 3 is 2.76 bits per heavy atom. The fraction of sp³-hybridized carbons (Fsp3) is 0.235. The summed E-state index contributed by atoms with van der Waals surface area (Å²) in [6, 6.07) is 8.98. The van der Waals surface area contributed by atoms with Crippen LogP contribution >= 0.6 is 23.4 Å². The summed E-state index contributed by atoms with van der Waals surface area (Å²) in [5.41, 5.74) is 1.48. The number of benzene rings is 1. The number of carbonyl (C=O) groups excluding carboxylic acids is 1. The lowest BCUT2D eigenvalue weighted by atomic mass is 10.2. The molecule has 0 aliphatic rings.